The average Bonchev–Trinajstić information content (AvgIpc) is 3.02. The van der Waals surface area contributed by atoms with E-state index in [-0.39, 0.29) is 24.5 Å². The molecule has 9 heteroatoms. The van der Waals surface area contributed by atoms with Crippen molar-refractivity contribution in [2.75, 3.05) is 26.2 Å². The fourth-order valence-electron chi connectivity index (χ4n) is 4.66. The van der Waals surface area contributed by atoms with E-state index in [1.165, 1.54) is 6.20 Å². The Bertz CT molecular complexity index is 826. The molecule has 0 radical (unpaired) electrons. The zero-order valence-corrected chi connectivity index (χ0v) is 18.4. The fraction of sp³-hybridized carbons (Fsp3) is 0.727. The summed E-state index contributed by atoms with van der Waals surface area (Å²) in [7, 11) is 0. The normalized spacial score (nSPS) is 22.7. The number of likely N-dealkylation sites (tertiary alicyclic amines) is 1. The summed E-state index contributed by atoms with van der Waals surface area (Å²) in [5.41, 5.74) is -1.72. The molecule has 3 rings (SSSR count). The van der Waals surface area contributed by atoms with Gasteiger partial charge in [-0.15, -0.1) is 0 Å². The molecular weight excluding hydrogens is 411 g/mol. The Kier molecular flexibility index (Phi) is 7.47. The van der Waals surface area contributed by atoms with Crippen LogP contribution in [0.4, 0.5) is 13.2 Å². The Morgan fingerprint density at radius 1 is 1.26 bits per heavy atom. The van der Waals surface area contributed by atoms with E-state index in [4.69, 9.17) is 4.74 Å². The SMILES string of the molecule is CCOC(=O)C(CC(C)C)n1cc(CCN2CC3CCC(C2)N3)c(C(F)(F)F)cc1=O. The predicted octanol–water partition coefficient (Wildman–Crippen LogP) is 3.00. The predicted molar refractivity (Wildman–Crippen MR) is 111 cm³/mol. The minimum Gasteiger partial charge on any atom is -0.464 e. The number of ether oxygens (including phenoxy) is 1. The van der Waals surface area contributed by atoms with Crippen molar-refractivity contribution in [2.45, 2.75) is 70.8 Å². The summed E-state index contributed by atoms with van der Waals surface area (Å²) in [4.78, 5) is 27.3. The largest absolute Gasteiger partial charge is 0.464 e. The van der Waals surface area contributed by atoms with E-state index in [2.05, 4.69) is 10.2 Å². The lowest BCUT2D eigenvalue weighted by molar-refractivity contribution is -0.147. The minimum absolute atomic E-state index is 0.0380. The van der Waals surface area contributed by atoms with Crippen LogP contribution in [0.25, 0.3) is 0 Å². The topological polar surface area (TPSA) is 63.6 Å². The van der Waals surface area contributed by atoms with Crippen molar-refractivity contribution in [3.63, 3.8) is 0 Å². The number of esters is 1. The summed E-state index contributed by atoms with van der Waals surface area (Å²) in [5.74, 6) is -0.536. The van der Waals surface area contributed by atoms with Gasteiger partial charge in [0.15, 0.2) is 0 Å². The Morgan fingerprint density at radius 2 is 1.90 bits per heavy atom. The average molecular weight is 444 g/mol. The molecule has 6 nitrogen and oxygen atoms in total. The fourth-order valence-corrected chi connectivity index (χ4v) is 4.66. The molecule has 0 spiro atoms. The number of piperazine rings is 1. The first-order valence-electron chi connectivity index (χ1n) is 11.1. The van der Waals surface area contributed by atoms with E-state index in [0.717, 1.165) is 30.5 Å². The number of rotatable bonds is 8. The van der Waals surface area contributed by atoms with Crippen molar-refractivity contribution in [3.05, 3.63) is 33.7 Å². The summed E-state index contributed by atoms with van der Waals surface area (Å²) in [6, 6.07) is 0.482. The van der Waals surface area contributed by atoms with Crippen molar-refractivity contribution < 1.29 is 22.7 Å². The highest BCUT2D eigenvalue weighted by Gasteiger charge is 2.36. The Hall–Kier alpha value is -1.87. The molecule has 1 N–H and O–H groups in total. The molecule has 31 heavy (non-hydrogen) atoms. The third kappa shape index (κ3) is 5.88. The van der Waals surface area contributed by atoms with Crippen LogP contribution in [-0.2, 0) is 22.1 Å². The van der Waals surface area contributed by atoms with Crippen molar-refractivity contribution in [1.82, 2.24) is 14.8 Å². The van der Waals surface area contributed by atoms with Crippen LogP contribution in [0.1, 0.15) is 57.2 Å². The maximum atomic E-state index is 13.7. The van der Waals surface area contributed by atoms with Crippen LogP contribution >= 0.6 is 0 Å². The lowest BCUT2D eigenvalue weighted by Crippen LogP contribution is -2.51. The van der Waals surface area contributed by atoms with Crippen LogP contribution in [0.15, 0.2) is 17.1 Å². The van der Waals surface area contributed by atoms with E-state index in [1.54, 1.807) is 6.92 Å². The van der Waals surface area contributed by atoms with Gasteiger partial charge < -0.3 is 14.6 Å². The van der Waals surface area contributed by atoms with Gasteiger partial charge in [0.05, 0.1) is 12.2 Å². The molecule has 1 aromatic heterocycles. The number of halogens is 3. The van der Waals surface area contributed by atoms with Gasteiger partial charge >= 0.3 is 12.1 Å². The number of alkyl halides is 3. The summed E-state index contributed by atoms with van der Waals surface area (Å²) in [5, 5.41) is 3.51. The van der Waals surface area contributed by atoms with Gasteiger partial charge in [0.2, 0.25) is 0 Å². The summed E-state index contributed by atoms with van der Waals surface area (Å²) in [6.45, 7) is 7.69. The number of hydrogen-bond donors (Lipinski definition) is 1. The first kappa shape index (κ1) is 23.8. The van der Waals surface area contributed by atoms with E-state index in [1.807, 2.05) is 13.8 Å². The Balaban J connectivity index is 1.90. The molecule has 174 valence electrons. The molecule has 0 aromatic carbocycles. The van der Waals surface area contributed by atoms with E-state index in [9.17, 15) is 22.8 Å². The van der Waals surface area contributed by atoms with Crippen molar-refractivity contribution in [3.8, 4) is 0 Å². The minimum atomic E-state index is -4.63. The second-order valence-electron chi connectivity index (χ2n) is 9.00. The molecule has 0 saturated carbocycles. The Morgan fingerprint density at radius 3 is 2.45 bits per heavy atom. The smallest absolute Gasteiger partial charge is 0.416 e. The zero-order valence-electron chi connectivity index (χ0n) is 18.4. The molecule has 2 fully saturated rings. The van der Waals surface area contributed by atoms with Crippen LogP contribution < -0.4 is 10.9 Å². The van der Waals surface area contributed by atoms with Crippen LogP contribution in [0.2, 0.25) is 0 Å². The number of carbonyl (C=O) groups is 1. The third-order valence-corrected chi connectivity index (χ3v) is 6.05. The molecule has 2 aliphatic heterocycles. The number of pyridine rings is 1. The second-order valence-corrected chi connectivity index (χ2v) is 9.00. The highest BCUT2D eigenvalue weighted by atomic mass is 19.4. The van der Waals surface area contributed by atoms with Crippen molar-refractivity contribution in [2.24, 2.45) is 5.92 Å². The van der Waals surface area contributed by atoms with Gasteiger partial charge in [-0.2, -0.15) is 13.2 Å². The molecule has 3 unspecified atom stereocenters. The monoisotopic (exact) mass is 443 g/mol. The van der Waals surface area contributed by atoms with Crippen molar-refractivity contribution >= 4 is 5.97 Å². The number of aromatic nitrogens is 1. The first-order valence-corrected chi connectivity index (χ1v) is 11.1. The van der Waals surface area contributed by atoms with E-state index in [0.29, 0.717) is 31.1 Å². The van der Waals surface area contributed by atoms with E-state index < -0.39 is 29.3 Å². The molecule has 2 saturated heterocycles. The summed E-state index contributed by atoms with van der Waals surface area (Å²) >= 11 is 0. The number of fused-ring (bicyclic) bond motifs is 2. The van der Waals surface area contributed by atoms with Crippen LogP contribution in [0, 0.1) is 5.92 Å². The number of carbonyl (C=O) groups excluding carboxylic acids is 1. The highest BCUT2D eigenvalue weighted by Crippen LogP contribution is 2.32. The Labute approximate surface area is 180 Å². The molecule has 3 heterocycles. The van der Waals surface area contributed by atoms with E-state index >= 15 is 0 Å². The lowest BCUT2D eigenvalue weighted by atomic mass is 10.0. The van der Waals surface area contributed by atoms with Gasteiger partial charge in [0.1, 0.15) is 6.04 Å². The maximum Gasteiger partial charge on any atom is 0.416 e. The molecule has 0 aliphatic carbocycles. The molecule has 3 atom stereocenters. The molecular formula is C22H32F3N3O3. The summed E-state index contributed by atoms with van der Waals surface area (Å²) < 4.78 is 47.3. The van der Waals surface area contributed by atoms with Gasteiger partial charge in [-0.25, -0.2) is 4.79 Å². The van der Waals surface area contributed by atoms with Crippen LogP contribution in [-0.4, -0.2) is 53.8 Å². The second kappa shape index (κ2) is 9.73. The highest BCUT2D eigenvalue weighted by molar-refractivity contribution is 5.74. The molecule has 1 aromatic rings. The number of nitrogens with zero attached hydrogens (tertiary/aromatic N) is 2. The van der Waals surface area contributed by atoms with Crippen molar-refractivity contribution in [1.29, 1.82) is 0 Å². The van der Waals surface area contributed by atoms with Gasteiger partial charge in [-0.05, 0) is 44.1 Å². The molecule has 2 bridgehead atoms. The number of hydrogen-bond acceptors (Lipinski definition) is 5. The van der Waals surface area contributed by atoms with Crippen LogP contribution in [0.5, 0.6) is 0 Å². The van der Waals surface area contributed by atoms with Gasteiger partial charge in [-0.1, -0.05) is 13.8 Å². The lowest BCUT2D eigenvalue weighted by Gasteiger charge is -2.33. The quantitative estimate of drug-likeness (QED) is 0.626. The summed E-state index contributed by atoms with van der Waals surface area (Å²) in [6.07, 6.45) is -0.748. The van der Waals surface area contributed by atoms with Gasteiger partial charge in [-0.3, -0.25) is 9.69 Å². The third-order valence-electron chi connectivity index (χ3n) is 6.05. The molecule has 2 aliphatic rings. The first-order chi connectivity index (χ1) is 14.6. The van der Waals surface area contributed by atoms with Crippen LogP contribution in [0.3, 0.4) is 0 Å². The zero-order chi connectivity index (χ0) is 22.8. The van der Waals surface area contributed by atoms with Gasteiger partial charge in [0, 0.05) is 44.0 Å². The number of nitrogens with one attached hydrogen (secondary N) is 1. The molecule has 0 amide bonds. The van der Waals surface area contributed by atoms with Gasteiger partial charge in [0.25, 0.3) is 5.56 Å². The maximum absolute atomic E-state index is 13.7. The standard InChI is InChI=1S/C22H32F3N3O3/c1-4-31-21(30)19(9-14(2)3)28-11-15(18(10-20(28)29)22(23,24)25)7-8-27-12-16-5-6-17(13-27)26-16/h10-11,14,16-17,19,26H,4-9,12-13H2,1-3H3.